The molecular weight excluding hydrogens is 223 g/mol. The average Bonchev–Trinajstić information content (AvgIpc) is 2.30. The van der Waals surface area contributed by atoms with Gasteiger partial charge in [0.1, 0.15) is 5.82 Å². The highest BCUT2D eigenvalue weighted by molar-refractivity contribution is 5.92. The zero-order chi connectivity index (χ0) is 12.7. The molecule has 0 saturated heterocycles. The minimum atomic E-state index is -0.570. The maximum Gasteiger partial charge on any atom is 0.248 e. The summed E-state index contributed by atoms with van der Waals surface area (Å²) in [6.45, 7) is 4.21. The third kappa shape index (κ3) is 4.50. The van der Waals surface area contributed by atoms with Crippen molar-refractivity contribution in [1.82, 2.24) is 5.32 Å². The fraction of sp³-hybridized carbons (Fsp3) is 0.417. The van der Waals surface area contributed by atoms with Crippen molar-refractivity contribution in [3.63, 3.8) is 0 Å². The van der Waals surface area contributed by atoms with Gasteiger partial charge in [0.2, 0.25) is 5.91 Å². The minimum absolute atomic E-state index is 0.137. The first-order chi connectivity index (χ1) is 8.15. The van der Waals surface area contributed by atoms with E-state index in [1.54, 1.807) is 0 Å². The molecule has 0 unspecified atom stereocenters. The van der Waals surface area contributed by atoms with Crippen molar-refractivity contribution in [2.45, 2.75) is 13.5 Å². The minimum Gasteiger partial charge on any atom is -0.375 e. The van der Waals surface area contributed by atoms with Gasteiger partial charge in [0.25, 0.3) is 0 Å². The molecule has 1 aromatic rings. The molecule has 0 atom stereocenters. The van der Waals surface area contributed by atoms with Crippen molar-refractivity contribution >= 4 is 5.91 Å². The quantitative estimate of drug-likeness (QED) is 0.700. The highest BCUT2D eigenvalue weighted by Crippen LogP contribution is 2.11. The van der Waals surface area contributed by atoms with Crippen LogP contribution in [0.3, 0.4) is 0 Å². The van der Waals surface area contributed by atoms with Gasteiger partial charge in [-0.25, -0.2) is 4.39 Å². The number of ether oxygens (including phenoxy) is 1. The number of nitrogens with two attached hydrogens (primary N) is 1. The first-order valence-corrected chi connectivity index (χ1v) is 5.51. The van der Waals surface area contributed by atoms with Crippen molar-refractivity contribution < 1.29 is 13.9 Å². The third-order valence-corrected chi connectivity index (χ3v) is 2.26. The van der Waals surface area contributed by atoms with Crippen LogP contribution in [0.1, 0.15) is 22.8 Å². The zero-order valence-electron chi connectivity index (χ0n) is 9.83. The van der Waals surface area contributed by atoms with Crippen LogP contribution in [0.5, 0.6) is 0 Å². The number of likely N-dealkylation sites (N-methyl/N-ethyl adjacent to an activating group) is 1. The molecule has 0 aromatic heterocycles. The van der Waals surface area contributed by atoms with Crippen LogP contribution in [-0.4, -0.2) is 25.6 Å². The monoisotopic (exact) mass is 240 g/mol. The summed E-state index contributed by atoms with van der Waals surface area (Å²) in [5, 5.41) is 3.09. The Balaban J connectivity index is 2.51. The molecule has 0 fully saturated rings. The van der Waals surface area contributed by atoms with Crippen LogP contribution < -0.4 is 11.1 Å². The van der Waals surface area contributed by atoms with Gasteiger partial charge < -0.3 is 15.8 Å². The van der Waals surface area contributed by atoms with E-state index in [0.717, 1.165) is 6.54 Å². The zero-order valence-corrected chi connectivity index (χ0v) is 9.83. The number of carbonyl (C=O) groups excluding carboxylic acids is 1. The Morgan fingerprint density at radius 2 is 2.29 bits per heavy atom. The maximum atomic E-state index is 13.4. The summed E-state index contributed by atoms with van der Waals surface area (Å²) in [5.41, 5.74) is 5.75. The summed E-state index contributed by atoms with van der Waals surface area (Å²) >= 11 is 0. The molecule has 0 aliphatic rings. The Morgan fingerprint density at radius 3 is 2.94 bits per heavy atom. The van der Waals surface area contributed by atoms with Crippen molar-refractivity contribution in [3.05, 3.63) is 35.1 Å². The Bertz CT molecular complexity index is 383. The number of halogens is 1. The van der Waals surface area contributed by atoms with E-state index in [1.807, 2.05) is 6.92 Å². The number of hydrogen-bond donors (Lipinski definition) is 2. The van der Waals surface area contributed by atoms with Gasteiger partial charge in [-0.2, -0.15) is 0 Å². The van der Waals surface area contributed by atoms with E-state index in [1.165, 1.54) is 18.2 Å². The van der Waals surface area contributed by atoms with Gasteiger partial charge in [-0.3, -0.25) is 4.79 Å². The van der Waals surface area contributed by atoms with Crippen LogP contribution in [-0.2, 0) is 11.3 Å². The molecule has 3 N–H and O–H groups in total. The first-order valence-electron chi connectivity index (χ1n) is 5.51. The summed E-state index contributed by atoms with van der Waals surface area (Å²) in [5.74, 6) is -0.961. The lowest BCUT2D eigenvalue weighted by molar-refractivity contribution is 0.0999. The van der Waals surface area contributed by atoms with Gasteiger partial charge in [-0.05, 0) is 24.7 Å². The van der Waals surface area contributed by atoms with Gasteiger partial charge in [-0.1, -0.05) is 6.92 Å². The van der Waals surface area contributed by atoms with Gasteiger partial charge in [0.05, 0.1) is 13.2 Å². The number of nitrogens with one attached hydrogen (secondary N) is 1. The van der Waals surface area contributed by atoms with Gasteiger partial charge >= 0.3 is 0 Å². The topological polar surface area (TPSA) is 64.3 Å². The number of rotatable bonds is 7. The SMILES string of the molecule is CCNCCOCc1cc(C(N)=O)ccc1F. The Labute approximate surface area is 100.0 Å². The predicted molar refractivity (Wildman–Crippen MR) is 63.1 cm³/mol. The summed E-state index contributed by atoms with van der Waals surface area (Å²) in [7, 11) is 0. The van der Waals surface area contributed by atoms with E-state index in [4.69, 9.17) is 10.5 Å². The molecule has 5 heteroatoms. The molecule has 0 bridgehead atoms. The lowest BCUT2D eigenvalue weighted by Crippen LogP contribution is -2.19. The molecular formula is C12H17FN2O2. The van der Waals surface area contributed by atoms with Gasteiger partial charge in [0.15, 0.2) is 0 Å². The standard InChI is InChI=1S/C12H17FN2O2/c1-2-15-5-6-17-8-10-7-9(12(14)16)3-4-11(10)13/h3-4,7,15H,2,5-6,8H2,1H3,(H2,14,16). The van der Waals surface area contributed by atoms with Crippen molar-refractivity contribution in [3.8, 4) is 0 Å². The summed E-state index contributed by atoms with van der Waals surface area (Å²) < 4.78 is 18.6. The Kier molecular flexibility index (Phi) is 5.59. The van der Waals surface area contributed by atoms with Crippen molar-refractivity contribution in [2.24, 2.45) is 5.73 Å². The molecule has 0 spiro atoms. The van der Waals surface area contributed by atoms with Crippen LogP contribution >= 0.6 is 0 Å². The number of benzene rings is 1. The number of hydrogen-bond acceptors (Lipinski definition) is 3. The number of carbonyl (C=O) groups is 1. The smallest absolute Gasteiger partial charge is 0.248 e. The summed E-state index contributed by atoms with van der Waals surface area (Å²) in [6.07, 6.45) is 0. The molecule has 1 rings (SSSR count). The second-order valence-corrected chi connectivity index (χ2v) is 3.58. The largest absolute Gasteiger partial charge is 0.375 e. The van der Waals surface area contributed by atoms with Gasteiger partial charge in [-0.15, -0.1) is 0 Å². The van der Waals surface area contributed by atoms with Crippen LogP contribution in [0.2, 0.25) is 0 Å². The van der Waals surface area contributed by atoms with E-state index in [0.29, 0.717) is 18.7 Å². The van der Waals surface area contributed by atoms with Crippen LogP contribution in [0, 0.1) is 5.82 Å². The molecule has 94 valence electrons. The highest BCUT2D eigenvalue weighted by atomic mass is 19.1. The second-order valence-electron chi connectivity index (χ2n) is 3.58. The Morgan fingerprint density at radius 1 is 1.53 bits per heavy atom. The van der Waals surface area contributed by atoms with E-state index in [2.05, 4.69) is 5.32 Å². The van der Waals surface area contributed by atoms with E-state index in [9.17, 15) is 9.18 Å². The van der Waals surface area contributed by atoms with Crippen LogP contribution in [0.25, 0.3) is 0 Å². The van der Waals surface area contributed by atoms with Crippen LogP contribution in [0.15, 0.2) is 18.2 Å². The van der Waals surface area contributed by atoms with E-state index < -0.39 is 11.7 Å². The van der Waals surface area contributed by atoms with Crippen molar-refractivity contribution in [1.29, 1.82) is 0 Å². The second kappa shape index (κ2) is 6.98. The summed E-state index contributed by atoms with van der Waals surface area (Å²) in [4.78, 5) is 10.9. The normalized spacial score (nSPS) is 10.5. The highest BCUT2D eigenvalue weighted by Gasteiger charge is 2.06. The summed E-state index contributed by atoms with van der Waals surface area (Å²) in [6, 6.07) is 4.01. The number of primary amides is 1. The molecule has 0 saturated carbocycles. The number of amides is 1. The Hall–Kier alpha value is -1.46. The molecule has 1 amide bonds. The molecule has 0 radical (unpaired) electrons. The molecule has 0 aliphatic carbocycles. The average molecular weight is 240 g/mol. The first kappa shape index (κ1) is 13.6. The fourth-order valence-corrected chi connectivity index (χ4v) is 1.34. The lowest BCUT2D eigenvalue weighted by atomic mass is 10.1. The van der Waals surface area contributed by atoms with Crippen LogP contribution in [0.4, 0.5) is 4.39 Å². The van der Waals surface area contributed by atoms with E-state index in [-0.39, 0.29) is 12.2 Å². The van der Waals surface area contributed by atoms with Crippen molar-refractivity contribution in [2.75, 3.05) is 19.7 Å². The molecule has 17 heavy (non-hydrogen) atoms. The lowest BCUT2D eigenvalue weighted by Gasteiger charge is -2.07. The molecule has 4 nitrogen and oxygen atoms in total. The van der Waals surface area contributed by atoms with E-state index >= 15 is 0 Å². The third-order valence-electron chi connectivity index (χ3n) is 2.26. The maximum absolute atomic E-state index is 13.4. The fourth-order valence-electron chi connectivity index (χ4n) is 1.34. The predicted octanol–water partition coefficient (Wildman–Crippen LogP) is 1.05. The molecule has 0 heterocycles. The molecule has 0 aliphatic heterocycles. The van der Waals surface area contributed by atoms with Gasteiger partial charge in [0, 0.05) is 17.7 Å². The molecule has 1 aromatic carbocycles.